The summed E-state index contributed by atoms with van der Waals surface area (Å²) in [6.07, 6.45) is 6.58. The Morgan fingerprint density at radius 1 is 0.529 bits per heavy atom. The van der Waals surface area contributed by atoms with Crippen LogP contribution >= 0.6 is 0 Å². The van der Waals surface area contributed by atoms with E-state index >= 15 is 0 Å². The van der Waals surface area contributed by atoms with Gasteiger partial charge in [-0.05, 0) is 105 Å². The van der Waals surface area contributed by atoms with Crippen LogP contribution in [0.25, 0.3) is 55.6 Å². The minimum atomic E-state index is 0.862. The van der Waals surface area contributed by atoms with Crippen LogP contribution in [-0.4, -0.2) is 0 Å². The number of anilines is 4. The predicted molar refractivity (Wildman–Crippen MR) is 215 cm³/mol. The highest BCUT2D eigenvalue weighted by atomic mass is 15.2. The Hall–Kier alpha value is -6.38. The van der Waals surface area contributed by atoms with Crippen molar-refractivity contribution in [2.75, 3.05) is 9.80 Å². The summed E-state index contributed by atoms with van der Waals surface area (Å²) in [6, 6.07) is 60.1. The van der Waals surface area contributed by atoms with Gasteiger partial charge in [0.2, 0.25) is 0 Å². The minimum absolute atomic E-state index is 0.862. The van der Waals surface area contributed by atoms with Crippen molar-refractivity contribution in [1.82, 2.24) is 0 Å². The number of para-hydroxylation sites is 3. The molecule has 1 heterocycles. The molecule has 0 aromatic heterocycles. The normalized spacial score (nSPS) is 14.1. The van der Waals surface area contributed by atoms with Crippen molar-refractivity contribution in [1.29, 1.82) is 0 Å². The zero-order valence-electron chi connectivity index (χ0n) is 28.6. The number of nitrogens with zero attached hydrogens (tertiary/aromatic N) is 2. The fourth-order valence-corrected chi connectivity index (χ4v) is 8.62. The van der Waals surface area contributed by atoms with Gasteiger partial charge in [-0.2, -0.15) is 0 Å². The molecule has 242 valence electrons. The lowest BCUT2D eigenvalue weighted by Gasteiger charge is -2.32. The quantitative estimate of drug-likeness (QED) is 0.176. The Labute approximate surface area is 299 Å². The summed E-state index contributed by atoms with van der Waals surface area (Å²) < 4.78 is 0. The fraction of sp³-hybridized carbons (Fsp3) is 0.0612. The number of rotatable bonds is 6. The van der Waals surface area contributed by atoms with Gasteiger partial charge >= 0.3 is 0 Å². The Balaban J connectivity index is 1.25. The van der Waals surface area contributed by atoms with E-state index in [2.05, 4.69) is 193 Å². The van der Waals surface area contributed by atoms with Gasteiger partial charge in [0.1, 0.15) is 0 Å². The Kier molecular flexibility index (Phi) is 6.89. The molecule has 2 heteroatoms. The van der Waals surface area contributed by atoms with E-state index in [1.807, 2.05) is 0 Å². The lowest BCUT2D eigenvalue weighted by Crippen LogP contribution is -2.19. The Bertz CT molecular complexity index is 2510. The Morgan fingerprint density at radius 2 is 1.08 bits per heavy atom. The second kappa shape index (κ2) is 11.9. The van der Waals surface area contributed by atoms with E-state index in [0.29, 0.717) is 0 Å². The van der Waals surface area contributed by atoms with Gasteiger partial charge in [0.05, 0.1) is 5.69 Å². The number of fused-ring (bicyclic) bond motifs is 5. The van der Waals surface area contributed by atoms with Crippen LogP contribution in [0.15, 0.2) is 187 Å². The minimum Gasteiger partial charge on any atom is -0.314 e. The first kappa shape index (κ1) is 29.5. The number of benzene rings is 7. The number of hydrogen-bond donors (Lipinski definition) is 0. The van der Waals surface area contributed by atoms with Crippen LogP contribution in [0.1, 0.15) is 18.9 Å². The molecule has 10 rings (SSSR count). The van der Waals surface area contributed by atoms with Crippen molar-refractivity contribution in [3.8, 4) is 55.6 Å². The maximum atomic E-state index is 2.50. The second-order valence-electron chi connectivity index (χ2n) is 13.5. The molecule has 0 atom stereocenters. The first-order valence-electron chi connectivity index (χ1n) is 18.0. The highest BCUT2D eigenvalue weighted by Gasteiger charge is 2.33. The smallest absolute Gasteiger partial charge is 0.0546 e. The molecule has 1 aliphatic heterocycles. The number of hydrogen-bond acceptors (Lipinski definition) is 2. The summed E-state index contributed by atoms with van der Waals surface area (Å²) >= 11 is 0. The van der Waals surface area contributed by atoms with Crippen LogP contribution < -0.4 is 9.80 Å². The van der Waals surface area contributed by atoms with Gasteiger partial charge in [-0.1, -0.05) is 140 Å². The Morgan fingerprint density at radius 3 is 1.82 bits per heavy atom. The third-order valence-corrected chi connectivity index (χ3v) is 10.6. The fourth-order valence-electron chi connectivity index (χ4n) is 8.62. The van der Waals surface area contributed by atoms with Crippen molar-refractivity contribution in [3.63, 3.8) is 0 Å². The van der Waals surface area contributed by atoms with Crippen LogP contribution in [0, 0.1) is 0 Å². The topological polar surface area (TPSA) is 6.48 Å². The molecule has 0 unspecified atom stereocenters. The summed E-state index contributed by atoms with van der Waals surface area (Å²) in [6.45, 7) is 2.24. The van der Waals surface area contributed by atoms with Crippen molar-refractivity contribution >= 4 is 22.7 Å². The second-order valence-corrected chi connectivity index (χ2v) is 13.5. The largest absolute Gasteiger partial charge is 0.314 e. The summed E-state index contributed by atoms with van der Waals surface area (Å²) in [5.41, 5.74) is 21.5. The van der Waals surface area contributed by atoms with E-state index < -0.39 is 0 Å². The van der Waals surface area contributed by atoms with Crippen LogP contribution in [0.2, 0.25) is 0 Å². The zero-order chi connectivity index (χ0) is 33.9. The van der Waals surface area contributed by atoms with Gasteiger partial charge in [0.15, 0.2) is 0 Å². The molecule has 0 N–H and O–H groups in total. The van der Waals surface area contributed by atoms with Crippen LogP contribution in [0.4, 0.5) is 22.7 Å². The highest BCUT2D eigenvalue weighted by molar-refractivity contribution is 6.16. The molecule has 0 spiro atoms. The molecule has 6 bridgehead atoms. The lowest BCUT2D eigenvalue weighted by molar-refractivity contribution is 1.09. The molecule has 51 heavy (non-hydrogen) atoms. The third kappa shape index (κ3) is 4.57. The van der Waals surface area contributed by atoms with E-state index in [-0.39, 0.29) is 0 Å². The zero-order valence-corrected chi connectivity index (χ0v) is 28.6. The van der Waals surface area contributed by atoms with Gasteiger partial charge in [-0.15, -0.1) is 0 Å². The van der Waals surface area contributed by atoms with E-state index in [1.54, 1.807) is 0 Å². The maximum absolute atomic E-state index is 2.50. The summed E-state index contributed by atoms with van der Waals surface area (Å²) in [5.74, 6) is 0. The third-order valence-electron chi connectivity index (χ3n) is 10.6. The van der Waals surface area contributed by atoms with Gasteiger partial charge < -0.3 is 9.80 Å². The van der Waals surface area contributed by atoms with E-state index in [0.717, 1.165) is 24.2 Å². The summed E-state index contributed by atoms with van der Waals surface area (Å²) in [7, 11) is 0. The summed E-state index contributed by atoms with van der Waals surface area (Å²) in [4.78, 5) is 4.94. The van der Waals surface area contributed by atoms with E-state index in [1.165, 1.54) is 84.0 Å². The van der Waals surface area contributed by atoms with Crippen molar-refractivity contribution in [2.24, 2.45) is 0 Å². The molecule has 0 saturated carbocycles. The molecular formula is C49H36N2. The van der Waals surface area contributed by atoms with E-state index in [9.17, 15) is 0 Å². The molecule has 2 nitrogen and oxygen atoms in total. The monoisotopic (exact) mass is 652 g/mol. The average Bonchev–Trinajstić information content (AvgIpc) is 3.50. The molecule has 0 saturated heterocycles. The maximum Gasteiger partial charge on any atom is 0.0546 e. The highest BCUT2D eigenvalue weighted by Crippen LogP contribution is 2.59. The average molecular weight is 653 g/mol. The predicted octanol–water partition coefficient (Wildman–Crippen LogP) is 13.4. The van der Waals surface area contributed by atoms with Crippen molar-refractivity contribution < 1.29 is 0 Å². The van der Waals surface area contributed by atoms with Crippen LogP contribution in [0.3, 0.4) is 0 Å². The molecule has 3 aliphatic rings. The molecule has 0 amide bonds. The molecular weight excluding hydrogens is 617 g/mol. The van der Waals surface area contributed by atoms with Crippen molar-refractivity contribution in [3.05, 3.63) is 193 Å². The van der Waals surface area contributed by atoms with Gasteiger partial charge in [-0.3, -0.25) is 0 Å². The molecule has 2 aliphatic carbocycles. The summed E-state index contributed by atoms with van der Waals surface area (Å²) in [5, 5.41) is 0. The standard InChI is InChI=1S/C49H36N2/c1-2-16-36(32-37-31-33-17-9-12-29-45(33)51(37)35-20-7-4-8-21-35)50(34-18-5-3-6-19-34)46-30-15-28-44-48-40-24-13-25-41(48)42-26-14-27-43(49(44)46)47(42)39-23-11-10-22-38(39)40/h3-30,32H,2,31H2,1H3/b36-16+,37-32+. The van der Waals surface area contributed by atoms with Gasteiger partial charge in [0, 0.05) is 40.4 Å². The van der Waals surface area contributed by atoms with Crippen molar-refractivity contribution in [2.45, 2.75) is 19.8 Å². The van der Waals surface area contributed by atoms with Gasteiger partial charge in [-0.25, -0.2) is 0 Å². The van der Waals surface area contributed by atoms with Crippen LogP contribution in [-0.2, 0) is 6.42 Å². The molecule has 7 aromatic carbocycles. The first-order valence-corrected chi connectivity index (χ1v) is 18.0. The first-order chi connectivity index (χ1) is 25.3. The van der Waals surface area contributed by atoms with Crippen LogP contribution in [0.5, 0.6) is 0 Å². The van der Waals surface area contributed by atoms with E-state index in [4.69, 9.17) is 0 Å². The van der Waals surface area contributed by atoms with Gasteiger partial charge in [0.25, 0.3) is 0 Å². The molecule has 0 radical (unpaired) electrons. The number of allylic oxidation sites excluding steroid dienone is 3. The molecule has 0 fully saturated rings. The SMILES string of the molecule is CC/C=C(\C=C1/Cc2ccccc2N1c1ccccc1)N(c1ccccc1)c1cccc2c1-c1cccc3c1-c1ccccc1-c1cccc-3c1-2. The molecule has 7 aromatic rings. The lowest BCUT2D eigenvalue weighted by atomic mass is 9.82.